The van der Waals surface area contributed by atoms with Gasteiger partial charge < -0.3 is 0 Å². The van der Waals surface area contributed by atoms with E-state index in [1.165, 1.54) is 40.3 Å². The molecule has 0 spiro atoms. The fraction of sp³-hybridized carbons (Fsp3) is 0.294. The molecule has 1 aliphatic rings. The normalized spacial score (nSPS) is 19.0. The lowest BCUT2D eigenvalue weighted by molar-refractivity contribution is -0.385. The number of halogens is 1. The van der Waals surface area contributed by atoms with Crippen LogP contribution in [0.2, 0.25) is 0 Å². The van der Waals surface area contributed by atoms with E-state index < -0.39 is 14.9 Å². The Bertz CT molecular complexity index is 920. The van der Waals surface area contributed by atoms with Gasteiger partial charge in [0.2, 0.25) is 10.0 Å². The van der Waals surface area contributed by atoms with Crippen LogP contribution in [0.1, 0.15) is 17.2 Å². The molecule has 26 heavy (non-hydrogen) atoms. The average Bonchev–Trinajstić information content (AvgIpc) is 2.89. The van der Waals surface area contributed by atoms with Gasteiger partial charge in [-0.3, -0.25) is 10.1 Å². The lowest BCUT2D eigenvalue weighted by atomic mass is 10.1. The molecule has 2 aromatic rings. The van der Waals surface area contributed by atoms with Gasteiger partial charge in [0, 0.05) is 41.8 Å². The zero-order chi connectivity index (χ0) is 18.7. The van der Waals surface area contributed by atoms with Gasteiger partial charge in [0.25, 0.3) is 5.69 Å². The van der Waals surface area contributed by atoms with Crippen molar-refractivity contribution < 1.29 is 17.7 Å². The van der Waals surface area contributed by atoms with Crippen molar-refractivity contribution in [1.29, 1.82) is 0 Å². The van der Waals surface area contributed by atoms with Gasteiger partial charge in [-0.05, 0) is 18.6 Å². The van der Waals surface area contributed by atoms with Crippen LogP contribution in [-0.4, -0.2) is 36.5 Å². The van der Waals surface area contributed by atoms with Gasteiger partial charge >= 0.3 is 0 Å². The molecular formula is C17H17FN2O4S2. The molecule has 0 aliphatic carbocycles. The number of nitro groups is 1. The molecule has 2 aromatic carbocycles. The number of hydrogen-bond donors (Lipinski definition) is 0. The number of sulfonamides is 1. The standard InChI is InChI=1S/C17H17FN2O4S2/c18-16-7-2-1-6-15(16)17-8-9-19(10-11-25-17)26(23,24)14-5-3-4-13(12-14)20(21)22/h1-7,12,17H,8-11H2. The number of thioether (sulfide) groups is 1. The first-order valence-corrected chi connectivity index (χ1v) is 10.5. The lowest BCUT2D eigenvalue weighted by Gasteiger charge is -2.20. The van der Waals surface area contributed by atoms with E-state index in [-0.39, 0.29) is 34.7 Å². The van der Waals surface area contributed by atoms with Gasteiger partial charge in [0.05, 0.1) is 9.82 Å². The summed E-state index contributed by atoms with van der Waals surface area (Å²) < 4.78 is 41.0. The number of rotatable bonds is 4. The summed E-state index contributed by atoms with van der Waals surface area (Å²) in [6.07, 6.45) is 0.472. The van der Waals surface area contributed by atoms with Gasteiger partial charge in [-0.25, -0.2) is 12.8 Å². The fourth-order valence-electron chi connectivity index (χ4n) is 2.88. The van der Waals surface area contributed by atoms with Crippen molar-refractivity contribution in [1.82, 2.24) is 4.31 Å². The summed E-state index contributed by atoms with van der Waals surface area (Å²) >= 11 is 1.52. The predicted octanol–water partition coefficient (Wildman–Crippen LogP) is 3.60. The highest BCUT2D eigenvalue weighted by molar-refractivity contribution is 7.99. The van der Waals surface area contributed by atoms with Crippen LogP contribution in [0, 0.1) is 15.9 Å². The highest BCUT2D eigenvalue weighted by atomic mass is 32.2. The molecule has 1 heterocycles. The molecular weight excluding hydrogens is 379 g/mol. The summed E-state index contributed by atoms with van der Waals surface area (Å²) in [5.74, 6) is 0.229. The van der Waals surface area contributed by atoms with E-state index in [1.807, 2.05) is 0 Å². The Morgan fingerprint density at radius 2 is 1.92 bits per heavy atom. The molecule has 0 aromatic heterocycles. The van der Waals surface area contributed by atoms with Gasteiger partial charge in [-0.1, -0.05) is 24.3 Å². The largest absolute Gasteiger partial charge is 0.270 e. The Morgan fingerprint density at radius 3 is 2.65 bits per heavy atom. The first kappa shape index (κ1) is 18.8. The number of benzene rings is 2. The van der Waals surface area contributed by atoms with E-state index in [0.29, 0.717) is 17.7 Å². The molecule has 0 radical (unpaired) electrons. The predicted molar refractivity (Wildman–Crippen MR) is 98.1 cm³/mol. The summed E-state index contributed by atoms with van der Waals surface area (Å²) in [5.41, 5.74) is 0.312. The fourth-order valence-corrected chi connectivity index (χ4v) is 5.75. The van der Waals surface area contributed by atoms with Crippen LogP contribution in [0.15, 0.2) is 53.4 Å². The third kappa shape index (κ3) is 3.89. The Morgan fingerprint density at radius 1 is 1.15 bits per heavy atom. The average molecular weight is 396 g/mol. The number of non-ortho nitro benzene ring substituents is 1. The molecule has 6 nitrogen and oxygen atoms in total. The maximum absolute atomic E-state index is 14.0. The smallest absolute Gasteiger partial charge is 0.258 e. The van der Waals surface area contributed by atoms with Gasteiger partial charge in [-0.15, -0.1) is 0 Å². The minimum absolute atomic E-state index is 0.0963. The minimum Gasteiger partial charge on any atom is -0.258 e. The van der Waals surface area contributed by atoms with E-state index in [4.69, 9.17) is 0 Å². The lowest BCUT2D eigenvalue weighted by Crippen LogP contribution is -2.33. The third-order valence-corrected chi connectivity index (χ3v) is 7.42. The van der Waals surface area contributed by atoms with E-state index in [0.717, 1.165) is 6.07 Å². The second kappa shape index (κ2) is 7.73. The van der Waals surface area contributed by atoms with Crippen LogP contribution in [-0.2, 0) is 10.0 Å². The van der Waals surface area contributed by atoms with Crippen molar-refractivity contribution in [3.05, 3.63) is 70.0 Å². The van der Waals surface area contributed by atoms with E-state index in [1.54, 1.807) is 18.2 Å². The molecule has 0 saturated carbocycles. The molecule has 0 amide bonds. The molecule has 1 saturated heterocycles. The van der Waals surface area contributed by atoms with Crippen LogP contribution >= 0.6 is 11.8 Å². The maximum atomic E-state index is 14.0. The Kier molecular flexibility index (Phi) is 5.59. The quantitative estimate of drug-likeness (QED) is 0.583. The van der Waals surface area contributed by atoms with Crippen LogP contribution in [0.5, 0.6) is 0 Å². The zero-order valence-corrected chi connectivity index (χ0v) is 15.4. The molecule has 9 heteroatoms. The van der Waals surface area contributed by atoms with Gasteiger partial charge in [0.1, 0.15) is 5.82 Å². The molecule has 138 valence electrons. The van der Waals surface area contributed by atoms with Crippen LogP contribution in [0.3, 0.4) is 0 Å². The van der Waals surface area contributed by atoms with Crippen molar-refractivity contribution in [2.24, 2.45) is 0 Å². The van der Waals surface area contributed by atoms with Crippen molar-refractivity contribution in [3.63, 3.8) is 0 Å². The molecule has 0 N–H and O–H groups in total. The zero-order valence-electron chi connectivity index (χ0n) is 13.7. The Balaban J connectivity index is 1.81. The molecule has 1 atom stereocenters. The summed E-state index contributed by atoms with van der Waals surface area (Å²) in [5, 5.41) is 10.8. The van der Waals surface area contributed by atoms with E-state index in [2.05, 4.69) is 0 Å². The third-order valence-electron chi connectivity index (χ3n) is 4.22. The summed E-state index contributed by atoms with van der Waals surface area (Å²) in [4.78, 5) is 10.2. The van der Waals surface area contributed by atoms with Crippen molar-refractivity contribution >= 4 is 27.5 Å². The maximum Gasteiger partial charge on any atom is 0.270 e. The van der Waals surface area contributed by atoms with Crippen molar-refractivity contribution in [3.8, 4) is 0 Å². The topological polar surface area (TPSA) is 80.5 Å². The number of nitro benzene ring substituents is 1. The molecule has 1 unspecified atom stereocenters. The minimum atomic E-state index is -3.84. The highest BCUT2D eigenvalue weighted by Crippen LogP contribution is 2.36. The first-order valence-electron chi connectivity index (χ1n) is 8.00. The van der Waals surface area contributed by atoms with E-state index in [9.17, 15) is 22.9 Å². The molecule has 1 aliphatic heterocycles. The second-order valence-electron chi connectivity index (χ2n) is 5.83. The van der Waals surface area contributed by atoms with Crippen LogP contribution in [0.4, 0.5) is 10.1 Å². The molecule has 0 bridgehead atoms. The van der Waals surface area contributed by atoms with Crippen molar-refractivity contribution in [2.45, 2.75) is 16.6 Å². The van der Waals surface area contributed by atoms with E-state index >= 15 is 0 Å². The van der Waals surface area contributed by atoms with Crippen LogP contribution in [0.25, 0.3) is 0 Å². The summed E-state index contributed by atoms with van der Waals surface area (Å²) in [6.45, 7) is 0.512. The summed E-state index contributed by atoms with van der Waals surface area (Å²) in [6, 6.07) is 11.6. The monoisotopic (exact) mass is 396 g/mol. The van der Waals surface area contributed by atoms with Gasteiger partial charge in [0.15, 0.2) is 0 Å². The van der Waals surface area contributed by atoms with Crippen LogP contribution < -0.4 is 0 Å². The molecule has 3 rings (SSSR count). The molecule has 1 fully saturated rings. The van der Waals surface area contributed by atoms with Crippen molar-refractivity contribution in [2.75, 3.05) is 18.8 Å². The van der Waals surface area contributed by atoms with Gasteiger partial charge in [-0.2, -0.15) is 16.1 Å². The highest BCUT2D eigenvalue weighted by Gasteiger charge is 2.30. The second-order valence-corrected chi connectivity index (χ2v) is 9.08. The summed E-state index contributed by atoms with van der Waals surface area (Å²) in [7, 11) is -3.84. The number of nitrogens with zero attached hydrogens (tertiary/aromatic N) is 2. The number of hydrogen-bond acceptors (Lipinski definition) is 5. The Hall–Kier alpha value is -1.97. The Labute approximate surface area is 155 Å². The first-order chi connectivity index (χ1) is 12.4. The SMILES string of the molecule is O=[N+]([O-])c1cccc(S(=O)(=O)N2CCSC(c3ccccc3F)CC2)c1.